The maximum Gasteiger partial charge on any atom is 0.118 e. The van der Waals surface area contributed by atoms with Crippen LogP contribution < -0.4 is 4.74 Å². The van der Waals surface area contributed by atoms with Crippen molar-refractivity contribution in [2.75, 3.05) is 12.2 Å². The van der Waals surface area contributed by atoms with Gasteiger partial charge in [-0.2, -0.15) is 5.26 Å². The predicted molar refractivity (Wildman–Crippen MR) is 140 cm³/mol. The summed E-state index contributed by atoms with van der Waals surface area (Å²) < 4.78 is 18.1. The lowest BCUT2D eigenvalue weighted by atomic mass is 9.99. The lowest BCUT2D eigenvalue weighted by molar-refractivity contribution is 0.415. The molecule has 0 N–H and O–H groups in total. The van der Waals surface area contributed by atoms with Crippen molar-refractivity contribution in [2.45, 2.75) is 10.8 Å². The van der Waals surface area contributed by atoms with Crippen molar-refractivity contribution in [1.82, 2.24) is 4.98 Å². The SMILES string of the molecule is COc1ccc(-c2cc(-c3ccccc3)c(C#N)c(SCS(=O)Cc3ccc(Cl)cc3)n2)cc1. The zero-order valence-corrected chi connectivity index (χ0v) is 20.8. The fourth-order valence-corrected chi connectivity index (χ4v) is 5.88. The number of hydrogen-bond donors (Lipinski definition) is 0. The summed E-state index contributed by atoms with van der Waals surface area (Å²) in [5.74, 6) is 1.17. The van der Waals surface area contributed by atoms with Crippen molar-refractivity contribution in [2.24, 2.45) is 0 Å². The first-order valence-electron chi connectivity index (χ1n) is 10.4. The average molecular weight is 505 g/mol. The van der Waals surface area contributed by atoms with E-state index >= 15 is 0 Å². The Morgan fingerprint density at radius 2 is 1.71 bits per heavy atom. The number of benzene rings is 3. The van der Waals surface area contributed by atoms with Crippen LogP contribution >= 0.6 is 23.4 Å². The molecule has 1 atom stereocenters. The maximum absolute atomic E-state index is 12.8. The van der Waals surface area contributed by atoms with E-state index < -0.39 is 10.8 Å². The summed E-state index contributed by atoms with van der Waals surface area (Å²) in [6.45, 7) is 0. The normalized spacial score (nSPS) is 11.6. The van der Waals surface area contributed by atoms with Crippen LogP contribution in [0.1, 0.15) is 11.1 Å². The summed E-state index contributed by atoms with van der Waals surface area (Å²) in [7, 11) is 0.485. The molecule has 170 valence electrons. The molecule has 0 saturated heterocycles. The summed E-state index contributed by atoms with van der Waals surface area (Å²) in [4.78, 5) is 4.79. The summed E-state index contributed by atoms with van der Waals surface area (Å²) in [6, 6.07) is 29.0. The van der Waals surface area contributed by atoms with Crippen molar-refractivity contribution in [3.05, 3.63) is 101 Å². The van der Waals surface area contributed by atoms with Crippen molar-refractivity contribution < 1.29 is 8.95 Å². The summed E-state index contributed by atoms with van der Waals surface area (Å²) in [5, 5.41) is 11.5. The molecule has 3 aromatic carbocycles. The molecule has 0 fully saturated rings. The molecule has 1 aromatic heterocycles. The Morgan fingerprint density at radius 3 is 2.35 bits per heavy atom. The molecule has 0 bridgehead atoms. The van der Waals surface area contributed by atoms with Crippen molar-refractivity contribution in [3.63, 3.8) is 0 Å². The van der Waals surface area contributed by atoms with Crippen LogP contribution in [0.25, 0.3) is 22.4 Å². The van der Waals surface area contributed by atoms with Crippen molar-refractivity contribution in [1.29, 1.82) is 5.26 Å². The van der Waals surface area contributed by atoms with Gasteiger partial charge in [-0.3, -0.25) is 4.21 Å². The van der Waals surface area contributed by atoms with Gasteiger partial charge >= 0.3 is 0 Å². The third-order valence-corrected chi connectivity index (χ3v) is 8.14. The molecular weight excluding hydrogens is 484 g/mol. The van der Waals surface area contributed by atoms with Gasteiger partial charge in [0.1, 0.15) is 16.8 Å². The van der Waals surface area contributed by atoms with Gasteiger partial charge in [-0.05, 0) is 53.6 Å². The molecular formula is C27H21ClN2O2S2. The molecule has 4 nitrogen and oxygen atoms in total. The van der Waals surface area contributed by atoms with E-state index in [9.17, 15) is 9.47 Å². The first kappa shape index (κ1) is 24.0. The Labute approximate surface area is 211 Å². The third-order valence-electron chi connectivity index (χ3n) is 5.14. The van der Waals surface area contributed by atoms with Gasteiger partial charge in [0.2, 0.25) is 0 Å². The Kier molecular flexibility index (Phi) is 8.02. The Bertz CT molecular complexity index is 1340. The highest BCUT2D eigenvalue weighted by Crippen LogP contribution is 2.35. The molecule has 1 heterocycles. The van der Waals surface area contributed by atoms with Crippen LogP contribution in [0, 0.1) is 11.3 Å². The van der Waals surface area contributed by atoms with Crippen molar-refractivity contribution in [3.8, 4) is 34.2 Å². The monoisotopic (exact) mass is 504 g/mol. The summed E-state index contributed by atoms with van der Waals surface area (Å²) in [6.07, 6.45) is 0. The van der Waals surface area contributed by atoms with Crippen LogP contribution in [0.15, 0.2) is 90.0 Å². The fourth-order valence-electron chi connectivity index (χ4n) is 3.42. The first-order chi connectivity index (χ1) is 16.6. The summed E-state index contributed by atoms with van der Waals surface area (Å²) >= 11 is 7.29. The second kappa shape index (κ2) is 11.3. The molecule has 4 aromatic rings. The van der Waals surface area contributed by atoms with Crippen LogP contribution in [0.2, 0.25) is 5.02 Å². The van der Waals surface area contributed by atoms with E-state index in [0.29, 0.717) is 26.4 Å². The van der Waals surface area contributed by atoms with Gasteiger partial charge in [0, 0.05) is 32.7 Å². The molecule has 0 aliphatic carbocycles. The zero-order chi connectivity index (χ0) is 23.9. The van der Waals surface area contributed by atoms with Crippen LogP contribution in [0.5, 0.6) is 5.75 Å². The van der Waals surface area contributed by atoms with E-state index in [1.54, 1.807) is 19.2 Å². The number of ether oxygens (including phenoxy) is 1. The smallest absolute Gasteiger partial charge is 0.118 e. The number of rotatable bonds is 8. The van der Waals surface area contributed by atoms with Crippen LogP contribution in [0.3, 0.4) is 0 Å². The third kappa shape index (κ3) is 5.87. The van der Waals surface area contributed by atoms with E-state index in [0.717, 1.165) is 33.7 Å². The average Bonchev–Trinajstić information content (AvgIpc) is 2.88. The summed E-state index contributed by atoms with van der Waals surface area (Å²) in [5.41, 5.74) is 4.82. The zero-order valence-electron chi connectivity index (χ0n) is 18.4. The topological polar surface area (TPSA) is 63.0 Å². The van der Waals surface area contributed by atoms with Gasteiger partial charge in [-0.15, -0.1) is 0 Å². The lowest BCUT2D eigenvalue weighted by Crippen LogP contribution is -2.01. The van der Waals surface area contributed by atoms with Gasteiger partial charge < -0.3 is 4.74 Å². The van der Waals surface area contributed by atoms with E-state index in [2.05, 4.69) is 6.07 Å². The molecule has 0 aliphatic heterocycles. The predicted octanol–water partition coefficient (Wildman–Crippen LogP) is 6.95. The molecule has 0 saturated carbocycles. The van der Waals surface area contributed by atoms with E-state index in [1.807, 2.05) is 72.8 Å². The number of aromatic nitrogens is 1. The Balaban J connectivity index is 1.67. The lowest BCUT2D eigenvalue weighted by Gasteiger charge is -2.13. The number of methoxy groups -OCH3 is 1. The van der Waals surface area contributed by atoms with E-state index in [1.165, 1.54) is 11.8 Å². The molecule has 0 amide bonds. The highest BCUT2D eigenvalue weighted by molar-refractivity contribution is 8.10. The number of hydrogen-bond acceptors (Lipinski definition) is 5. The van der Waals surface area contributed by atoms with Gasteiger partial charge in [0.05, 0.1) is 23.5 Å². The molecule has 34 heavy (non-hydrogen) atoms. The van der Waals surface area contributed by atoms with Gasteiger partial charge in [-0.25, -0.2) is 4.98 Å². The standard InChI is InChI=1S/C27H21ClN2O2S2/c1-32-23-13-9-21(10-14-23)26-15-24(20-5-3-2-4-6-20)25(16-29)27(30-26)33-18-34(31)17-19-7-11-22(28)12-8-19/h2-15H,17-18H2,1H3. The maximum atomic E-state index is 12.8. The number of thioether (sulfide) groups is 1. The van der Waals surface area contributed by atoms with Gasteiger partial charge in [0.25, 0.3) is 0 Å². The largest absolute Gasteiger partial charge is 0.497 e. The first-order valence-corrected chi connectivity index (χ1v) is 13.3. The van der Waals surface area contributed by atoms with Crippen molar-refractivity contribution >= 4 is 34.2 Å². The minimum absolute atomic E-state index is 0.324. The molecule has 0 radical (unpaired) electrons. The van der Waals surface area contributed by atoms with Gasteiger partial charge in [0.15, 0.2) is 0 Å². The highest BCUT2D eigenvalue weighted by Gasteiger charge is 2.17. The number of pyridine rings is 1. The second-order valence-electron chi connectivity index (χ2n) is 7.41. The van der Waals surface area contributed by atoms with Crippen LogP contribution in [0.4, 0.5) is 0 Å². The quantitative estimate of drug-likeness (QED) is 0.243. The minimum atomic E-state index is -1.14. The fraction of sp³-hybridized carbons (Fsp3) is 0.111. The second-order valence-corrected chi connectivity index (χ2v) is 10.6. The van der Waals surface area contributed by atoms with Crippen LogP contribution in [-0.4, -0.2) is 21.4 Å². The molecule has 7 heteroatoms. The highest BCUT2D eigenvalue weighted by atomic mass is 35.5. The number of nitrogens with zero attached hydrogens (tertiary/aromatic N) is 2. The Morgan fingerprint density at radius 1 is 1.00 bits per heavy atom. The minimum Gasteiger partial charge on any atom is -0.497 e. The van der Waals surface area contributed by atoms with E-state index in [4.69, 9.17) is 21.3 Å². The van der Waals surface area contributed by atoms with Crippen LogP contribution in [-0.2, 0) is 16.6 Å². The Hall–Kier alpha value is -3.11. The molecule has 1 unspecified atom stereocenters. The molecule has 4 rings (SSSR count). The van der Waals surface area contributed by atoms with E-state index in [-0.39, 0.29) is 0 Å². The van der Waals surface area contributed by atoms with Gasteiger partial charge in [-0.1, -0.05) is 65.8 Å². The molecule has 0 aliphatic rings. The number of halogens is 1. The molecule has 0 spiro atoms. The number of nitriles is 1.